The molecule has 0 spiro atoms. The Balaban J connectivity index is 0. The summed E-state index contributed by atoms with van der Waals surface area (Å²) in [5.74, 6) is 11.5. The lowest BCUT2D eigenvalue weighted by Crippen LogP contribution is -2.59. The third-order valence-electron chi connectivity index (χ3n) is 1.75. The first-order valence-corrected chi connectivity index (χ1v) is 5.67. The topological polar surface area (TPSA) is 213 Å². The van der Waals surface area contributed by atoms with Crippen LogP contribution >= 0.6 is 0 Å². The van der Waals surface area contributed by atoms with Crippen molar-refractivity contribution in [3.8, 4) is 0 Å². The third-order valence-corrected chi connectivity index (χ3v) is 1.75. The molecule has 0 fully saturated rings. The molecule has 2 heterocycles. The zero-order chi connectivity index (χ0) is 17.4. The Kier molecular flexibility index (Phi) is 14.1. The van der Waals surface area contributed by atoms with E-state index in [0.717, 1.165) is 0 Å². The zero-order valence-electron chi connectivity index (χ0n) is 11.7. The van der Waals surface area contributed by atoms with E-state index in [9.17, 15) is 19.8 Å². The minimum atomic E-state index is -1.24. The fraction of sp³-hybridized carbons (Fsp3) is 0. The summed E-state index contributed by atoms with van der Waals surface area (Å²) in [4.78, 5) is 27.1. The number of aromatic carboxylic acids is 2. The molecule has 0 unspecified atom stereocenters. The second kappa shape index (κ2) is 14.5. The van der Waals surface area contributed by atoms with E-state index < -0.39 is 11.9 Å². The average molecular weight is 310 g/mol. The molecule has 10 nitrogen and oxygen atoms in total. The van der Waals surface area contributed by atoms with Crippen molar-refractivity contribution in [2.24, 2.45) is 11.7 Å². The molecule has 2 rings (SSSR count). The molecule has 0 aliphatic rings. The standard InChI is InChI=1S/2C6H5NO2.2H4N2/c2*8-6(9)5-3-1-2-4-7-5;2*1-2/h2*1-4H,(H,8,9);2*1-2H2. The van der Waals surface area contributed by atoms with Crippen molar-refractivity contribution >= 4 is 11.9 Å². The van der Waals surface area contributed by atoms with Gasteiger partial charge in [-0.1, -0.05) is 12.1 Å². The molecule has 0 bridgehead atoms. The van der Waals surface area contributed by atoms with Gasteiger partial charge in [0.1, 0.15) is 0 Å². The highest BCUT2D eigenvalue weighted by Gasteiger charge is 1.88. The van der Waals surface area contributed by atoms with Crippen molar-refractivity contribution in [1.29, 1.82) is 0 Å². The maximum atomic E-state index is 10.0. The molecule has 2 aromatic rings. The van der Waals surface area contributed by atoms with E-state index in [4.69, 9.17) is 0 Å². The molecule has 10 N–H and O–H groups in total. The number of nitrogens with two attached hydrogens (primary N) is 2. The van der Waals surface area contributed by atoms with Crippen LogP contribution in [0.4, 0.5) is 0 Å². The van der Waals surface area contributed by atoms with Gasteiger partial charge in [-0.3, -0.25) is 21.7 Å². The molecule has 0 saturated carbocycles. The van der Waals surface area contributed by atoms with Crippen LogP contribution in [0.15, 0.2) is 48.8 Å². The average Bonchev–Trinajstić information content (AvgIpc) is 2.60. The highest BCUT2D eigenvalue weighted by molar-refractivity contribution is 5.83. The summed E-state index contributed by atoms with van der Waals surface area (Å²) in [5.41, 5.74) is -0.0602. The Labute approximate surface area is 126 Å². The van der Waals surface area contributed by atoms with Gasteiger partial charge in [-0.25, -0.2) is 0 Å². The normalized spacial score (nSPS) is 7.82. The molecule has 0 atom stereocenters. The summed E-state index contributed by atoms with van der Waals surface area (Å²) in [6, 6.07) is 9.25. The number of carbonyl (C=O) groups excluding carboxylic acids is 2. The number of pyridine rings is 2. The highest BCUT2D eigenvalue weighted by Crippen LogP contribution is 1.89. The van der Waals surface area contributed by atoms with Crippen molar-refractivity contribution in [2.75, 3.05) is 0 Å². The lowest BCUT2D eigenvalue weighted by atomic mass is 10.4. The summed E-state index contributed by atoms with van der Waals surface area (Å²) in [6.45, 7) is 0. The Hall–Kier alpha value is -2.92. The van der Waals surface area contributed by atoms with Crippen LogP contribution in [0.2, 0.25) is 0 Å². The Morgan fingerprint density at radius 2 is 1.09 bits per heavy atom. The number of quaternary nitrogens is 2. The molecule has 0 aromatic carbocycles. The minimum Gasteiger partial charge on any atom is -0.543 e. The smallest absolute Gasteiger partial charge is 0.0899 e. The Bertz CT molecular complexity index is 474. The second-order valence-electron chi connectivity index (χ2n) is 3.00. The lowest BCUT2D eigenvalue weighted by Gasteiger charge is -1.96. The largest absolute Gasteiger partial charge is 0.543 e. The van der Waals surface area contributed by atoms with Crippen molar-refractivity contribution < 1.29 is 31.5 Å². The summed E-state index contributed by atoms with van der Waals surface area (Å²) in [5, 5.41) is 20.1. The molecular weight excluding hydrogens is 292 g/mol. The van der Waals surface area contributed by atoms with Crippen LogP contribution in [-0.4, -0.2) is 21.9 Å². The Morgan fingerprint density at radius 1 is 0.773 bits per heavy atom. The number of carboxylic acids is 2. The van der Waals surface area contributed by atoms with Crippen LogP contribution in [0.5, 0.6) is 0 Å². The van der Waals surface area contributed by atoms with E-state index in [-0.39, 0.29) is 11.4 Å². The van der Waals surface area contributed by atoms with Crippen LogP contribution in [0.3, 0.4) is 0 Å². The number of carboxylic acid groups (broad SMARTS) is 2. The first-order valence-electron chi connectivity index (χ1n) is 5.67. The van der Waals surface area contributed by atoms with E-state index >= 15 is 0 Å². The van der Waals surface area contributed by atoms with Gasteiger partial charge in [0.05, 0.1) is 23.3 Å². The number of hydrogen-bond donors (Lipinski definition) is 4. The van der Waals surface area contributed by atoms with E-state index in [1.54, 1.807) is 24.3 Å². The first kappa shape index (κ1) is 21.4. The SMILES string of the molecule is N[NH3+].N[NH3+].O=C([O-])c1ccccn1.O=C([O-])c1ccccn1. The van der Waals surface area contributed by atoms with Crippen LogP contribution in [-0.2, 0) is 0 Å². The monoisotopic (exact) mass is 310 g/mol. The number of hydrogen-bond acceptors (Lipinski definition) is 8. The van der Waals surface area contributed by atoms with Gasteiger partial charge in [0, 0.05) is 12.4 Å². The van der Waals surface area contributed by atoms with Crippen LogP contribution < -0.4 is 33.6 Å². The van der Waals surface area contributed by atoms with Crippen LogP contribution in [0, 0.1) is 0 Å². The maximum Gasteiger partial charge on any atom is 0.0899 e. The van der Waals surface area contributed by atoms with E-state index in [1.807, 2.05) is 0 Å². The molecule has 0 aliphatic carbocycles. The quantitative estimate of drug-likeness (QED) is 0.310. The zero-order valence-corrected chi connectivity index (χ0v) is 11.7. The molecular formula is C12H18N6O4. The number of aromatic nitrogens is 2. The van der Waals surface area contributed by atoms with Crippen molar-refractivity contribution in [3.05, 3.63) is 60.2 Å². The molecule has 0 radical (unpaired) electrons. The number of carbonyl (C=O) groups is 2. The van der Waals surface area contributed by atoms with Crippen molar-refractivity contribution in [1.82, 2.24) is 9.97 Å². The van der Waals surface area contributed by atoms with Gasteiger partial charge >= 0.3 is 0 Å². The predicted molar refractivity (Wildman–Crippen MR) is 71.3 cm³/mol. The van der Waals surface area contributed by atoms with Gasteiger partial charge in [-0.2, -0.15) is 11.7 Å². The fourth-order valence-corrected chi connectivity index (χ4v) is 0.967. The molecule has 0 saturated heterocycles. The molecule has 10 heteroatoms. The van der Waals surface area contributed by atoms with Gasteiger partial charge < -0.3 is 19.8 Å². The summed E-state index contributed by atoms with van der Waals surface area (Å²) >= 11 is 0. The van der Waals surface area contributed by atoms with Gasteiger partial charge in [0.2, 0.25) is 0 Å². The fourth-order valence-electron chi connectivity index (χ4n) is 0.967. The van der Waals surface area contributed by atoms with Crippen LogP contribution in [0.1, 0.15) is 21.0 Å². The van der Waals surface area contributed by atoms with E-state index in [0.29, 0.717) is 0 Å². The molecule has 120 valence electrons. The van der Waals surface area contributed by atoms with Gasteiger partial charge in [-0.05, 0) is 24.3 Å². The molecule has 22 heavy (non-hydrogen) atoms. The molecule has 2 aromatic heterocycles. The first-order chi connectivity index (χ1) is 10.6. The predicted octanol–water partition coefficient (Wildman–Crippen LogP) is -4.91. The summed E-state index contributed by atoms with van der Waals surface area (Å²) in [7, 11) is 0. The highest BCUT2D eigenvalue weighted by atomic mass is 16.4. The lowest BCUT2D eigenvalue weighted by molar-refractivity contribution is -0.379. The molecule has 0 amide bonds. The maximum absolute atomic E-state index is 10.0. The third kappa shape index (κ3) is 9.94. The summed E-state index contributed by atoms with van der Waals surface area (Å²) in [6.07, 6.45) is 2.82. The van der Waals surface area contributed by atoms with E-state index in [1.165, 1.54) is 24.5 Å². The van der Waals surface area contributed by atoms with Gasteiger partial charge in [0.25, 0.3) is 0 Å². The number of nitrogens with zero attached hydrogens (tertiary/aromatic N) is 2. The molecule has 0 aliphatic heterocycles. The minimum absolute atomic E-state index is 0.0301. The Morgan fingerprint density at radius 3 is 1.23 bits per heavy atom. The van der Waals surface area contributed by atoms with Crippen molar-refractivity contribution in [3.63, 3.8) is 0 Å². The van der Waals surface area contributed by atoms with Gasteiger partial charge in [0.15, 0.2) is 0 Å². The number of rotatable bonds is 2. The van der Waals surface area contributed by atoms with Crippen LogP contribution in [0.25, 0.3) is 0 Å². The van der Waals surface area contributed by atoms with E-state index in [2.05, 4.69) is 33.3 Å². The van der Waals surface area contributed by atoms with Crippen molar-refractivity contribution in [2.45, 2.75) is 0 Å². The van der Waals surface area contributed by atoms with Gasteiger partial charge in [-0.15, -0.1) is 0 Å². The summed E-state index contributed by atoms with van der Waals surface area (Å²) < 4.78 is 0. The second-order valence-corrected chi connectivity index (χ2v) is 3.00.